The van der Waals surface area contributed by atoms with E-state index in [0.29, 0.717) is 17.5 Å². The van der Waals surface area contributed by atoms with Gasteiger partial charge in [-0.15, -0.1) is 11.3 Å². The lowest BCUT2D eigenvalue weighted by molar-refractivity contribution is 0.668. The molecular weight excluding hydrogens is 695 g/mol. The average molecular weight is 722 g/mol. The number of fused-ring (bicyclic) bond motifs is 10. The Bertz CT molecular complexity index is 3520. The Hall–Kier alpha value is -7.15. The van der Waals surface area contributed by atoms with Gasteiger partial charge in [0, 0.05) is 52.8 Å². The number of nitrogens with zero attached hydrogens (tertiary/aromatic N) is 3. The van der Waals surface area contributed by atoms with E-state index in [4.69, 9.17) is 23.8 Å². The fraction of sp³-hybridized carbons (Fsp3) is 0. The summed E-state index contributed by atoms with van der Waals surface area (Å²) in [4.78, 5) is 15.8. The van der Waals surface area contributed by atoms with Crippen molar-refractivity contribution in [3.63, 3.8) is 0 Å². The number of hydrogen-bond donors (Lipinski definition) is 0. The molecule has 0 unspecified atom stereocenters. The van der Waals surface area contributed by atoms with Crippen molar-refractivity contribution in [2.75, 3.05) is 0 Å². The van der Waals surface area contributed by atoms with E-state index < -0.39 is 0 Å². The zero-order valence-electron chi connectivity index (χ0n) is 29.2. The van der Waals surface area contributed by atoms with Crippen LogP contribution in [0.5, 0.6) is 0 Å². The molecule has 0 amide bonds. The van der Waals surface area contributed by atoms with Gasteiger partial charge in [-0.1, -0.05) is 109 Å². The largest absolute Gasteiger partial charge is 0.456 e. The third-order valence-electron chi connectivity index (χ3n) is 10.7. The van der Waals surface area contributed by atoms with E-state index in [0.717, 1.165) is 82.5 Å². The normalized spacial score (nSPS) is 12.0. The lowest BCUT2D eigenvalue weighted by atomic mass is 9.97. The fourth-order valence-electron chi connectivity index (χ4n) is 8.10. The van der Waals surface area contributed by atoms with E-state index in [9.17, 15) is 0 Å². The maximum atomic E-state index is 6.60. The van der Waals surface area contributed by atoms with Crippen molar-refractivity contribution >= 4 is 86.2 Å². The van der Waals surface area contributed by atoms with Crippen LogP contribution in [0.3, 0.4) is 0 Å². The Morgan fingerprint density at radius 2 is 1.04 bits per heavy atom. The molecule has 55 heavy (non-hydrogen) atoms. The Labute approximate surface area is 317 Å². The molecular formula is C49H27N3O2S. The third kappa shape index (κ3) is 4.75. The van der Waals surface area contributed by atoms with Crippen LogP contribution in [0.1, 0.15) is 0 Å². The highest BCUT2D eigenvalue weighted by Crippen LogP contribution is 2.43. The third-order valence-corrected chi connectivity index (χ3v) is 11.9. The van der Waals surface area contributed by atoms with Crippen LogP contribution in [0.2, 0.25) is 0 Å². The molecule has 0 aliphatic rings. The molecule has 6 heteroatoms. The van der Waals surface area contributed by atoms with Crippen molar-refractivity contribution in [2.24, 2.45) is 0 Å². The molecule has 0 fully saturated rings. The summed E-state index contributed by atoms with van der Waals surface area (Å²) < 4.78 is 15.7. The molecule has 4 heterocycles. The van der Waals surface area contributed by atoms with Crippen molar-refractivity contribution in [3.8, 4) is 45.3 Å². The van der Waals surface area contributed by atoms with Crippen molar-refractivity contribution in [2.45, 2.75) is 0 Å². The van der Waals surface area contributed by atoms with Gasteiger partial charge in [0.05, 0.1) is 5.56 Å². The smallest absolute Gasteiger partial charge is 0.167 e. The van der Waals surface area contributed by atoms with E-state index in [1.54, 1.807) is 0 Å². The lowest BCUT2D eigenvalue weighted by Gasteiger charge is -2.12. The maximum Gasteiger partial charge on any atom is 0.167 e. The minimum atomic E-state index is 0.537. The van der Waals surface area contributed by atoms with Crippen LogP contribution < -0.4 is 0 Å². The summed E-state index contributed by atoms with van der Waals surface area (Å²) >= 11 is 1.82. The summed E-state index contributed by atoms with van der Waals surface area (Å²) in [5.41, 5.74) is 7.85. The van der Waals surface area contributed by atoms with E-state index in [-0.39, 0.29) is 0 Å². The SMILES string of the molecule is c1ccc2cc(-c3nc(-c4cccc5c4oc4ccccc45)nc(-c4cc(-c5ccc6sc7ccccc7c6c5)cc5oc6ccccc6c45)n3)ccc2c1. The molecule has 0 radical (unpaired) electrons. The molecule has 0 N–H and O–H groups in total. The molecule has 0 spiro atoms. The van der Waals surface area contributed by atoms with Gasteiger partial charge in [0.2, 0.25) is 0 Å². The van der Waals surface area contributed by atoms with Gasteiger partial charge in [0.25, 0.3) is 0 Å². The van der Waals surface area contributed by atoms with E-state index in [1.807, 2.05) is 59.9 Å². The van der Waals surface area contributed by atoms with Gasteiger partial charge in [0.1, 0.15) is 22.3 Å². The van der Waals surface area contributed by atoms with Crippen molar-refractivity contribution < 1.29 is 8.83 Å². The fourth-order valence-corrected chi connectivity index (χ4v) is 9.19. The van der Waals surface area contributed by atoms with Crippen LogP contribution in [-0.4, -0.2) is 15.0 Å². The Balaban J connectivity index is 1.15. The Morgan fingerprint density at radius 1 is 0.364 bits per heavy atom. The predicted octanol–water partition coefficient (Wildman–Crippen LogP) is 13.9. The van der Waals surface area contributed by atoms with E-state index >= 15 is 0 Å². The standard InChI is InChI=1S/C49H27N3O2S/c1-2-11-29-24-31(21-20-28(29)10-1)47-50-48(37-16-9-15-35-33-12-3-6-17-40(33)54-46(35)37)52-49(51-47)39-26-32(27-42-45(39)36-14-4-7-18-41(36)53-42)30-22-23-44-38(25-30)34-13-5-8-19-43(34)55-44/h1-27H. The van der Waals surface area contributed by atoms with Crippen LogP contribution in [0.15, 0.2) is 173 Å². The van der Waals surface area contributed by atoms with Crippen molar-refractivity contribution in [1.29, 1.82) is 0 Å². The summed E-state index contributed by atoms with van der Waals surface area (Å²) in [6.45, 7) is 0. The summed E-state index contributed by atoms with van der Waals surface area (Å²) in [5.74, 6) is 1.67. The highest BCUT2D eigenvalue weighted by Gasteiger charge is 2.22. The second-order valence-corrected chi connectivity index (χ2v) is 15.0. The molecule has 12 aromatic rings. The minimum Gasteiger partial charge on any atom is -0.456 e. The minimum absolute atomic E-state index is 0.537. The van der Waals surface area contributed by atoms with Gasteiger partial charge in [-0.2, -0.15) is 0 Å². The quantitative estimate of drug-likeness (QED) is 0.181. The molecule has 0 bridgehead atoms. The Morgan fingerprint density at radius 3 is 1.93 bits per heavy atom. The molecule has 12 rings (SSSR count). The zero-order valence-corrected chi connectivity index (χ0v) is 30.0. The topological polar surface area (TPSA) is 65.0 Å². The van der Waals surface area contributed by atoms with Crippen LogP contribution in [0.25, 0.3) is 120 Å². The Kier molecular flexibility index (Phi) is 6.44. The van der Waals surface area contributed by atoms with E-state index in [2.05, 4.69) is 115 Å². The first-order valence-corrected chi connectivity index (χ1v) is 19.1. The van der Waals surface area contributed by atoms with Crippen molar-refractivity contribution in [1.82, 2.24) is 15.0 Å². The first kappa shape index (κ1) is 30.3. The van der Waals surface area contributed by atoms with Gasteiger partial charge in [-0.05, 0) is 76.5 Å². The second-order valence-electron chi connectivity index (χ2n) is 14.0. The van der Waals surface area contributed by atoms with Gasteiger partial charge in [-0.3, -0.25) is 0 Å². The first-order valence-electron chi connectivity index (χ1n) is 18.3. The van der Waals surface area contributed by atoms with Gasteiger partial charge in [0.15, 0.2) is 17.5 Å². The summed E-state index contributed by atoms with van der Waals surface area (Å²) in [7, 11) is 0. The number of aromatic nitrogens is 3. The van der Waals surface area contributed by atoms with Gasteiger partial charge < -0.3 is 8.83 Å². The van der Waals surface area contributed by atoms with E-state index in [1.165, 1.54) is 20.2 Å². The molecule has 256 valence electrons. The monoisotopic (exact) mass is 721 g/mol. The van der Waals surface area contributed by atoms with Gasteiger partial charge >= 0.3 is 0 Å². The van der Waals surface area contributed by atoms with Crippen LogP contribution in [0.4, 0.5) is 0 Å². The highest BCUT2D eigenvalue weighted by molar-refractivity contribution is 7.25. The van der Waals surface area contributed by atoms with Gasteiger partial charge in [-0.25, -0.2) is 15.0 Å². The molecule has 5 nitrogen and oxygen atoms in total. The molecule has 0 saturated carbocycles. The zero-order chi connectivity index (χ0) is 36.0. The van der Waals surface area contributed by atoms with Crippen LogP contribution in [0, 0.1) is 0 Å². The summed E-state index contributed by atoms with van der Waals surface area (Å²) in [6, 6.07) is 56.9. The molecule has 8 aromatic carbocycles. The number of furan rings is 2. The predicted molar refractivity (Wildman–Crippen MR) is 227 cm³/mol. The summed E-state index contributed by atoms with van der Waals surface area (Å²) in [6.07, 6.45) is 0. The van der Waals surface area contributed by atoms with Crippen LogP contribution >= 0.6 is 11.3 Å². The highest BCUT2D eigenvalue weighted by atomic mass is 32.1. The number of para-hydroxylation sites is 3. The van der Waals surface area contributed by atoms with Crippen molar-refractivity contribution in [3.05, 3.63) is 164 Å². The summed E-state index contributed by atoms with van der Waals surface area (Å²) in [5, 5.41) is 8.81. The maximum absolute atomic E-state index is 6.60. The first-order chi connectivity index (χ1) is 27.2. The number of rotatable bonds is 4. The molecule has 0 atom stereocenters. The molecule has 0 saturated heterocycles. The van der Waals surface area contributed by atoms with Crippen LogP contribution in [-0.2, 0) is 0 Å². The average Bonchev–Trinajstić information content (AvgIpc) is 3.94. The number of thiophene rings is 1. The lowest BCUT2D eigenvalue weighted by Crippen LogP contribution is -2.01. The molecule has 0 aliphatic carbocycles. The molecule has 0 aliphatic heterocycles. The molecule has 4 aromatic heterocycles. The second kappa shape index (κ2) is 11.7. The number of hydrogen-bond acceptors (Lipinski definition) is 6. The number of benzene rings is 8.